The Hall–Kier alpha value is -0.770. The molecule has 0 saturated heterocycles. The molecule has 0 aromatic heterocycles. The van der Waals surface area contributed by atoms with Gasteiger partial charge in [-0.15, -0.1) is 0 Å². The molecule has 0 aliphatic carbocycles. The van der Waals surface area contributed by atoms with Crippen LogP contribution in [-0.2, 0) is 4.74 Å². The standard InChI is InChI=1S/C14H31N3O/c1-5-13(6-2)12-17-14(15-4)16-10-8-9-11-18-7-3/h13H,5-12H2,1-4H3,(H2,15,16,17). The summed E-state index contributed by atoms with van der Waals surface area (Å²) in [7, 11) is 1.82. The summed E-state index contributed by atoms with van der Waals surface area (Å²) in [5, 5.41) is 6.71. The zero-order valence-corrected chi connectivity index (χ0v) is 12.6. The van der Waals surface area contributed by atoms with E-state index in [0.29, 0.717) is 0 Å². The van der Waals surface area contributed by atoms with Gasteiger partial charge in [-0.05, 0) is 25.7 Å². The molecule has 0 aliphatic rings. The number of ether oxygens (including phenoxy) is 1. The minimum absolute atomic E-state index is 0.738. The van der Waals surface area contributed by atoms with Gasteiger partial charge >= 0.3 is 0 Å². The van der Waals surface area contributed by atoms with Gasteiger partial charge in [0.25, 0.3) is 0 Å². The van der Waals surface area contributed by atoms with Crippen LogP contribution in [0.3, 0.4) is 0 Å². The molecule has 0 rings (SSSR count). The molecule has 4 nitrogen and oxygen atoms in total. The van der Waals surface area contributed by atoms with Crippen LogP contribution in [0.4, 0.5) is 0 Å². The van der Waals surface area contributed by atoms with Gasteiger partial charge < -0.3 is 15.4 Å². The molecule has 0 aromatic carbocycles. The van der Waals surface area contributed by atoms with E-state index in [1.807, 2.05) is 14.0 Å². The van der Waals surface area contributed by atoms with E-state index in [9.17, 15) is 0 Å². The Bertz CT molecular complexity index is 203. The normalized spacial score (nSPS) is 11.9. The Morgan fingerprint density at radius 3 is 2.39 bits per heavy atom. The van der Waals surface area contributed by atoms with Crippen LogP contribution in [0.25, 0.3) is 0 Å². The largest absolute Gasteiger partial charge is 0.382 e. The second-order valence-corrected chi connectivity index (χ2v) is 4.47. The molecule has 0 amide bonds. The summed E-state index contributed by atoms with van der Waals surface area (Å²) in [6.45, 7) is 10.1. The summed E-state index contributed by atoms with van der Waals surface area (Å²) in [5.41, 5.74) is 0. The van der Waals surface area contributed by atoms with Gasteiger partial charge in [-0.2, -0.15) is 0 Å². The topological polar surface area (TPSA) is 45.6 Å². The van der Waals surface area contributed by atoms with Crippen LogP contribution < -0.4 is 10.6 Å². The SMILES string of the molecule is CCOCCCCNC(=NC)NCC(CC)CC. The van der Waals surface area contributed by atoms with Gasteiger partial charge in [-0.1, -0.05) is 26.7 Å². The van der Waals surface area contributed by atoms with Gasteiger partial charge in [-0.25, -0.2) is 0 Å². The van der Waals surface area contributed by atoms with Crippen LogP contribution in [-0.4, -0.2) is 39.3 Å². The number of hydrogen-bond acceptors (Lipinski definition) is 2. The lowest BCUT2D eigenvalue weighted by Gasteiger charge is -2.16. The molecule has 108 valence electrons. The second kappa shape index (κ2) is 12.7. The van der Waals surface area contributed by atoms with Crippen LogP contribution in [0.2, 0.25) is 0 Å². The highest BCUT2D eigenvalue weighted by molar-refractivity contribution is 5.79. The number of aliphatic imine (C=N–C) groups is 1. The molecular formula is C14H31N3O. The first-order chi connectivity index (χ1) is 8.78. The Balaban J connectivity index is 3.59. The average molecular weight is 257 g/mol. The number of nitrogens with one attached hydrogen (secondary N) is 2. The number of rotatable bonds is 10. The highest BCUT2D eigenvalue weighted by Crippen LogP contribution is 2.04. The maximum absolute atomic E-state index is 5.30. The predicted octanol–water partition coefficient (Wildman–Crippen LogP) is 2.40. The molecule has 0 unspecified atom stereocenters. The molecule has 0 atom stereocenters. The van der Waals surface area contributed by atoms with E-state index in [4.69, 9.17) is 4.74 Å². The summed E-state index contributed by atoms with van der Waals surface area (Å²) in [5.74, 6) is 1.65. The van der Waals surface area contributed by atoms with Crippen molar-refractivity contribution < 1.29 is 4.74 Å². The maximum Gasteiger partial charge on any atom is 0.190 e. The minimum Gasteiger partial charge on any atom is -0.382 e. The fourth-order valence-electron chi connectivity index (χ4n) is 1.72. The van der Waals surface area contributed by atoms with Crippen LogP contribution in [0.5, 0.6) is 0 Å². The fourth-order valence-corrected chi connectivity index (χ4v) is 1.72. The van der Waals surface area contributed by atoms with Gasteiger partial charge in [0.05, 0.1) is 0 Å². The van der Waals surface area contributed by atoms with E-state index in [2.05, 4.69) is 29.5 Å². The lowest BCUT2D eigenvalue weighted by molar-refractivity contribution is 0.143. The minimum atomic E-state index is 0.738. The molecule has 0 saturated carbocycles. The monoisotopic (exact) mass is 257 g/mol. The smallest absolute Gasteiger partial charge is 0.190 e. The summed E-state index contributed by atoms with van der Waals surface area (Å²) in [6, 6.07) is 0. The van der Waals surface area contributed by atoms with Crippen molar-refractivity contribution in [3.63, 3.8) is 0 Å². The lowest BCUT2D eigenvalue weighted by atomic mass is 10.0. The van der Waals surface area contributed by atoms with Gasteiger partial charge in [0.15, 0.2) is 5.96 Å². The molecule has 0 spiro atoms. The van der Waals surface area contributed by atoms with E-state index in [1.165, 1.54) is 12.8 Å². The molecule has 0 aromatic rings. The molecule has 4 heteroatoms. The van der Waals surface area contributed by atoms with Crippen molar-refractivity contribution in [3.8, 4) is 0 Å². The highest BCUT2D eigenvalue weighted by Gasteiger charge is 2.04. The molecular weight excluding hydrogens is 226 g/mol. The maximum atomic E-state index is 5.30. The number of guanidine groups is 1. The third kappa shape index (κ3) is 9.28. The van der Waals surface area contributed by atoms with Crippen LogP contribution >= 0.6 is 0 Å². The highest BCUT2D eigenvalue weighted by atomic mass is 16.5. The van der Waals surface area contributed by atoms with Crippen molar-refractivity contribution in [2.24, 2.45) is 10.9 Å². The molecule has 0 radical (unpaired) electrons. The van der Waals surface area contributed by atoms with Gasteiger partial charge in [-0.3, -0.25) is 4.99 Å². The van der Waals surface area contributed by atoms with E-state index in [-0.39, 0.29) is 0 Å². The molecule has 2 N–H and O–H groups in total. The molecule has 0 aliphatic heterocycles. The third-order valence-corrected chi connectivity index (χ3v) is 3.15. The number of unbranched alkanes of at least 4 members (excludes halogenated alkanes) is 1. The third-order valence-electron chi connectivity index (χ3n) is 3.15. The fraction of sp³-hybridized carbons (Fsp3) is 0.929. The van der Waals surface area contributed by atoms with Crippen molar-refractivity contribution in [2.75, 3.05) is 33.4 Å². The summed E-state index contributed by atoms with van der Waals surface area (Å²) < 4.78 is 5.30. The van der Waals surface area contributed by atoms with Crippen molar-refractivity contribution in [2.45, 2.75) is 46.5 Å². The number of nitrogens with zero attached hydrogens (tertiary/aromatic N) is 1. The number of hydrogen-bond donors (Lipinski definition) is 2. The predicted molar refractivity (Wildman–Crippen MR) is 79.2 cm³/mol. The molecule has 0 bridgehead atoms. The van der Waals surface area contributed by atoms with E-state index in [0.717, 1.165) is 51.0 Å². The van der Waals surface area contributed by atoms with Crippen molar-refractivity contribution in [3.05, 3.63) is 0 Å². The van der Waals surface area contributed by atoms with Crippen LogP contribution in [0.1, 0.15) is 46.5 Å². The van der Waals surface area contributed by atoms with Crippen LogP contribution in [0.15, 0.2) is 4.99 Å². The van der Waals surface area contributed by atoms with E-state index < -0.39 is 0 Å². The van der Waals surface area contributed by atoms with E-state index in [1.54, 1.807) is 0 Å². The molecule has 0 heterocycles. The van der Waals surface area contributed by atoms with Gasteiger partial charge in [0.2, 0.25) is 0 Å². The first-order valence-corrected chi connectivity index (χ1v) is 7.30. The Labute approximate surface area is 113 Å². The summed E-state index contributed by atoms with van der Waals surface area (Å²) in [4.78, 5) is 4.23. The Kier molecular flexibility index (Phi) is 12.1. The molecule has 18 heavy (non-hydrogen) atoms. The van der Waals surface area contributed by atoms with Crippen molar-refractivity contribution in [1.82, 2.24) is 10.6 Å². The zero-order chi connectivity index (χ0) is 13.6. The van der Waals surface area contributed by atoms with Gasteiger partial charge in [0.1, 0.15) is 0 Å². The lowest BCUT2D eigenvalue weighted by Crippen LogP contribution is -2.40. The van der Waals surface area contributed by atoms with Crippen molar-refractivity contribution >= 4 is 5.96 Å². The quantitative estimate of drug-likeness (QED) is 0.359. The second-order valence-electron chi connectivity index (χ2n) is 4.47. The van der Waals surface area contributed by atoms with Crippen molar-refractivity contribution in [1.29, 1.82) is 0 Å². The Morgan fingerprint density at radius 1 is 1.11 bits per heavy atom. The van der Waals surface area contributed by atoms with E-state index >= 15 is 0 Å². The van der Waals surface area contributed by atoms with Gasteiger partial charge in [0, 0.05) is 33.4 Å². The first-order valence-electron chi connectivity index (χ1n) is 7.30. The summed E-state index contributed by atoms with van der Waals surface area (Å²) in [6.07, 6.45) is 4.65. The first kappa shape index (κ1) is 17.2. The molecule has 0 fully saturated rings. The average Bonchev–Trinajstić information content (AvgIpc) is 2.41. The Morgan fingerprint density at radius 2 is 1.83 bits per heavy atom. The van der Waals surface area contributed by atoms with Crippen LogP contribution in [0, 0.1) is 5.92 Å². The zero-order valence-electron chi connectivity index (χ0n) is 12.6. The summed E-state index contributed by atoms with van der Waals surface area (Å²) >= 11 is 0.